The fourth-order valence-corrected chi connectivity index (χ4v) is 5.17. The van der Waals surface area contributed by atoms with Gasteiger partial charge in [0.15, 0.2) is 0 Å². The molecule has 3 N–H and O–H groups in total. The number of likely N-dealkylation sites (tertiary alicyclic amines) is 1. The molecule has 1 aliphatic heterocycles. The second-order valence-electron chi connectivity index (χ2n) is 8.54. The van der Waals surface area contributed by atoms with Gasteiger partial charge in [-0.15, -0.1) is 0 Å². The number of fused-ring (bicyclic) bond motifs is 2. The zero-order valence-electron chi connectivity index (χ0n) is 16.0. The third-order valence-corrected chi connectivity index (χ3v) is 6.70. The highest BCUT2D eigenvalue weighted by Gasteiger charge is 2.50. The van der Waals surface area contributed by atoms with Crippen molar-refractivity contribution in [1.29, 1.82) is 0 Å². The van der Waals surface area contributed by atoms with E-state index in [1.807, 2.05) is 18.5 Å². The molecule has 7 nitrogen and oxygen atoms in total. The lowest BCUT2D eigenvalue weighted by Gasteiger charge is -2.31. The molecule has 1 aliphatic carbocycles. The molecule has 0 spiro atoms. The molecule has 0 aromatic carbocycles. The molecule has 0 radical (unpaired) electrons. The summed E-state index contributed by atoms with van der Waals surface area (Å²) >= 11 is 0. The van der Waals surface area contributed by atoms with Crippen LogP contribution in [0.3, 0.4) is 0 Å². The third-order valence-electron chi connectivity index (χ3n) is 6.70. The van der Waals surface area contributed by atoms with Gasteiger partial charge in [-0.1, -0.05) is 0 Å². The van der Waals surface area contributed by atoms with Gasteiger partial charge < -0.3 is 15.6 Å². The van der Waals surface area contributed by atoms with Gasteiger partial charge in [0.2, 0.25) is 0 Å². The Morgan fingerprint density at radius 2 is 2.04 bits per heavy atom. The van der Waals surface area contributed by atoms with E-state index in [-0.39, 0.29) is 5.54 Å². The molecule has 0 bridgehead atoms. The number of rotatable bonds is 4. The van der Waals surface area contributed by atoms with E-state index in [0.717, 1.165) is 47.0 Å². The van der Waals surface area contributed by atoms with Crippen LogP contribution >= 0.6 is 0 Å². The summed E-state index contributed by atoms with van der Waals surface area (Å²) in [6.07, 6.45) is 9.77. The Balaban J connectivity index is 1.45. The molecule has 3 aromatic heterocycles. The number of nitrogens with one attached hydrogen (secondary N) is 1. The first-order chi connectivity index (χ1) is 13.1. The van der Waals surface area contributed by atoms with Crippen molar-refractivity contribution in [3.8, 4) is 11.3 Å². The van der Waals surface area contributed by atoms with Gasteiger partial charge in [0, 0.05) is 49.0 Å². The van der Waals surface area contributed by atoms with Crippen LogP contribution in [0.2, 0.25) is 0 Å². The zero-order chi connectivity index (χ0) is 18.6. The van der Waals surface area contributed by atoms with E-state index < -0.39 is 0 Å². The smallest absolute Gasteiger partial charge is 0.141 e. The largest absolute Gasteiger partial charge is 0.346 e. The van der Waals surface area contributed by atoms with Crippen molar-refractivity contribution >= 4 is 11.0 Å². The first-order valence-electron chi connectivity index (χ1n) is 9.87. The van der Waals surface area contributed by atoms with Gasteiger partial charge in [-0.2, -0.15) is 5.10 Å². The van der Waals surface area contributed by atoms with Crippen molar-refractivity contribution < 1.29 is 0 Å². The van der Waals surface area contributed by atoms with Gasteiger partial charge in [0.25, 0.3) is 0 Å². The van der Waals surface area contributed by atoms with Crippen LogP contribution in [0.4, 0.5) is 0 Å². The number of nitrogens with two attached hydrogens (primary N) is 1. The fourth-order valence-electron chi connectivity index (χ4n) is 5.17. The van der Waals surface area contributed by atoms with E-state index in [0.29, 0.717) is 12.6 Å². The molecule has 3 atom stereocenters. The summed E-state index contributed by atoms with van der Waals surface area (Å²) < 4.78 is 2.13. The van der Waals surface area contributed by atoms with Gasteiger partial charge in [-0.3, -0.25) is 4.68 Å². The fraction of sp³-hybridized carbons (Fsp3) is 0.550. The number of nitrogens with zero attached hydrogens (tertiary/aromatic N) is 5. The second kappa shape index (κ2) is 6.14. The van der Waals surface area contributed by atoms with Crippen LogP contribution in [0.25, 0.3) is 22.3 Å². The van der Waals surface area contributed by atoms with Crippen LogP contribution in [0.1, 0.15) is 26.7 Å². The molecule has 3 aromatic rings. The lowest BCUT2D eigenvalue weighted by Crippen LogP contribution is -2.41. The van der Waals surface area contributed by atoms with Crippen molar-refractivity contribution in [3.63, 3.8) is 0 Å². The molecule has 1 unspecified atom stereocenters. The molecule has 2 aliphatic rings. The lowest BCUT2D eigenvalue weighted by molar-refractivity contribution is 0.202. The van der Waals surface area contributed by atoms with E-state index in [4.69, 9.17) is 10.8 Å². The van der Waals surface area contributed by atoms with E-state index in [9.17, 15) is 0 Å². The highest BCUT2D eigenvalue weighted by atomic mass is 15.3. The molecule has 1 saturated heterocycles. The Labute approximate surface area is 159 Å². The predicted molar refractivity (Wildman–Crippen MR) is 105 cm³/mol. The second-order valence-corrected chi connectivity index (χ2v) is 8.54. The van der Waals surface area contributed by atoms with E-state index >= 15 is 0 Å². The SMILES string of the molecule is CC(C)N1C[C@@H]2CC(CN)(n3cc(-c4ncnc5[nH]ccc45)cn3)C[C@@H]2C1. The number of aromatic nitrogens is 5. The maximum absolute atomic E-state index is 6.32. The van der Waals surface area contributed by atoms with Crippen molar-refractivity contribution in [1.82, 2.24) is 29.6 Å². The Bertz CT molecular complexity index is 942. The Kier molecular flexibility index (Phi) is 3.84. The maximum atomic E-state index is 6.32. The highest BCUT2D eigenvalue weighted by Crippen LogP contribution is 2.47. The van der Waals surface area contributed by atoms with Gasteiger partial charge in [0.1, 0.15) is 12.0 Å². The van der Waals surface area contributed by atoms with Crippen molar-refractivity contribution in [3.05, 3.63) is 31.0 Å². The Morgan fingerprint density at radius 1 is 1.26 bits per heavy atom. The topological polar surface area (TPSA) is 88.6 Å². The zero-order valence-corrected chi connectivity index (χ0v) is 16.0. The van der Waals surface area contributed by atoms with Crippen molar-refractivity contribution in [2.75, 3.05) is 19.6 Å². The molecule has 0 amide bonds. The normalized spacial score (nSPS) is 28.4. The average molecular weight is 365 g/mol. The van der Waals surface area contributed by atoms with Crippen LogP contribution in [-0.4, -0.2) is 55.3 Å². The summed E-state index contributed by atoms with van der Waals surface area (Å²) in [4.78, 5) is 14.5. The van der Waals surface area contributed by atoms with Gasteiger partial charge >= 0.3 is 0 Å². The highest BCUT2D eigenvalue weighted by molar-refractivity contribution is 5.89. The number of hydrogen-bond acceptors (Lipinski definition) is 5. The molecule has 4 heterocycles. The number of hydrogen-bond donors (Lipinski definition) is 2. The molecular formula is C20H27N7. The molecule has 142 valence electrons. The van der Waals surface area contributed by atoms with E-state index in [2.05, 4.69) is 44.6 Å². The lowest BCUT2D eigenvalue weighted by atomic mass is 9.95. The molecule has 1 saturated carbocycles. The molecule has 2 fully saturated rings. The first kappa shape index (κ1) is 16.9. The van der Waals surface area contributed by atoms with Crippen LogP contribution in [0.5, 0.6) is 0 Å². The number of H-pyrrole nitrogens is 1. The maximum Gasteiger partial charge on any atom is 0.141 e. The summed E-state index contributed by atoms with van der Waals surface area (Å²) in [6.45, 7) is 7.59. The molecule has 27 heavy (non-hydrogen) atoms. The quantitative estimate of drug-likeness (QED) is 0.740. The Morgan fingerprint density at radius 3 is 2.74 bits per heavy atom. The molecule has 5 rings (SSSR count). The number of aromatic amines is 1. The molecular weight excluding hydrogens is 338 g/mol. The van der Waals surface area contributed by atoms with Crippen molar-refractivity contribution in [2.45, 2.75) is 38.3 Å². The first-order valence-corrected chi connectivity index (χ1v) is 9.87. The minimum Gasteiger partial charge on any atom is -0.346 e. The van der Waals surface area contributed by atoms with Crippen LogP contribution < -0.4 is 5.73 Å². The van der Waals surface area contributed by atoms with E-state index in [1.165, 1.54) is 13.1 Å². The summed E-state index contributed by atoms with van der Waals surface area (Å²) in [7, 11) is 0. The van der Waals surface area contributed by atoms with Crippen LogP contribution in [0.15, 0.2) is 31.0 Å². The minimum atomic E-state index is -0.0685. The standard InChI is InChI=1S/C20H27N7/c1-13(2)26-8-14-5-20(11-21,6-15(14)9-26)27-10-16(7-25-27)18-17-3-4-22-19(17)24-12-23-18/h3-4,7,10,12-15H,5-6,8-9,11,21H2,1-2H3,(H,22,23,24)/t14-,15+,20?. The summed E-state index contributed by atoms with van der Waals surface area (Å²) in [5.74, 6) is 1.44. The van der Waals surface area contributed by atoms with Crippen molar-refractivity contribution in [2.24, 2.45) is 17.6 Å². The summed E-state index contributed by atoms with van der Waals surface area (Å²) in [6, 6.07) is 2.64. The average Bonchev–Trinajstić information content (AvgIpc) is 3.41. The van der Waals surface area contributed by atoms with Crippen LogP contribution in [-0.2, 0) is 5.54 Å². The summed E-state index contributed by atoms with van der Waals surface area (Å²) in [5, 5.41) is 5.77. The van der Waals surface area contributed by atoms with E-state index in [1.54, 1.807) is 6.33 Å². The van der Waals surface area contributed by atoms with Gasteiger partial charge in [-0.05, 0) is 44.6 Å². The van der Waals surface area contributed by atoms with Crippen LogP contribution in [0, 0.1) is 11.8 Å². The molecule has 7 heteroatoms. The Hall–Kier alpha value is -2.25. The summed E-state index contributed by atoms with van der Waals surface area (Å²) in [5.41, 5.74) is 9.04. The van der Waals surface area contributed by atoms with Gasteiger partial charge in [0.05, 0.1) is 17.4 Å². The predicted octanol–water partition coefficient (Wildman–Crippen LogP) is 2.23. The van der Waals surface area contributed by atoms with Gasteiger partial charge in [-0.25, -0.2) is 9.97 Å². The third kappa shape index (κ3) is 2.60. The minimum absolute atomic E-state index is 0.0685. The monoisotopic (exact) mass is 365 g/mol.